The zero-order chi connectivity index (χ0) is 16.9. The average Bonchev–Trinajstić information content (AvgIpc) is 3.08. The van der Waals surface area contributed by atoms with E-state index in [9.17, 15) is 9.59 Å². The molecule has 1 saturated heterocycles. The fourth-order valence-corrected chi connectivity index (χ4v) is 3.05. The van der Waals surface area contributed by atoms with E-state index in [1.54, 1.807) is 18.2 Å². The number of piperidine rings is 1. The molecular weight excluding hydrogens is 310 g/mol. The number of likely N-dealkylation sites (tertiary alicyclic amines) is 1. The Hall–Kier alpha value is -2.48. The second-order valence-electron chi connectivity index (χ2n) is 5.86. The van der Waals surface area contributed by atoms with Gasteiger partial charge in [0.05, 0.1) is 12.8 Å². The van der Waals surface area contributed by atoms with E-state index in [2.05, 4.69) is 19.5 Å². The van der Waals surface area contributed by atoms with Gasteiger partial charge in [-0.3, -0.25) is 9.59 Å². The highest BCUT2D eigenvalue weighted by atomic mass is 16.5. The number of nitrogens with zero attached hydrogens (tertiary/aromatic N) is 4. The van der Waals surface area contributed by atoms with E-state index in [1.165, 1.54) is 6.20 Å². The number of rotatable bonds is 5. The zero-order valence-electron chi connectivity index (χ0n) is 13.6. The van der Waals surface area contributed by atoms with Crippen LogP contribution in [0.4, 0.5) is 0 Å². The summed E-state index contributed by atoms with van der Waals surface area (Å²) in [6, 6.07) is 0. The number of imidazole rings is 1. The maximum atomic E-state index is 12.6. The van der Waals surface area contributed by atoms with Gasteiger partial charge in [-0.15, -0.1) is 0 Å². The van der Waals surface area contributed by atoms with Crippen molar-refractivity contribution in [3.05, 3.63) is 46.7 Å². The molecular formula is C16H21N5O3. The van der Waals surface area contributed by atoms with E-state index in [0.29, 0.717) is 19.7 Å². The minimum Gasteiger partial charge on any atom is -0.383 e. The molecule has 128 valence electrons. The average molecular weight is 331 g/mol. The first kappa shape index (κ1) is 16.4. The van der Waals surface area contributed by atoms with Crippen LogP contribution >= 0.6 is 0 Å². The summed E-state index contributed by atoms with van der Waals surface area (Å²) in [7, 11) is 1.68. The summed E-state index contributed by atoms with van der Waals surface area (Å²) >= 11 is 0. The summed E-state index contributed by atoms with van der Waals surface area (Å²) in [5.74, 6) is 1.02. The van der Waals surface area contributed by atoms with Crippen molar-refractivity contribution in [2.75, 3.05) is 26.8 Å². The molecule has 1 aliphatic heterocycles. The van der Waals surface area contributed by atoms with E-state index in [-0.39, 0.29) is 23.1 Å². The molecule has 1 N–H and O–H groups in total. The molecule has 1 aliphatic rings. The first-order valence-corrected chi connectivity index (χ1v) is 8.03. The molecule has 0 spiro atoms. The molecule has 24 heavy (non-hydrogen) atoms. The van der Waals surface area contributed by atoms with Gasteiger partial charge < -0.3 is 19.2 Å². The summed E-state index contributed by atoms with van der Waals surface area (Å²) in [5.41, 5.74) is -0.0544. The van der Waals surface area contributed by atoms with Crippen LogP contribution in [-0.4, -0.2) is 57.1 Å². The molecule has 1 atom stereocenters. The molecule has 0 unspecified atom stereocenters. The summed E-state index contributed by atoms with van der Waals surface area (Å²) < 4.78 is 7.22. The number of aromatic amines is 1. The van der Waals surface area contributed by atoms with Crippen LogP contribution in [0.15, 0.2) is 29.6 Å². The number of amides is 1. The predicted octanol–water partition coefficient (Wildman–Crippen LogP) is 0.633. The predicted molar refractivity (Wildman–Crippen MR) is 86.8 cm³/mol. The van der Waals surface area contributed by atoms with Crippen molar-refractivity contribution in [3.63, 3.8) is 0 Å². The lowest BCUT2D eigenvalue weighted by molar-refractivity contribution is 0.0696. The number of carbonyl (C=O) groups excluding carboxylic acids is 1. The van der Waals surface area contributed by atoms with Gasteiger partial charge in [0.25, 0.3) is 11.5 Å². The Labute approximate surface area is 139 Å². The van der Waals surface area contributed by atoms with Crippen molar-refractivity contribution in [1.82, 2.24) is 24.4 Å². The quantitative estimate of drug-likeness (QED) is 0.867. The topological polar surface area (TPSA) is 93.1 Å². The number of nitrogens with one attached hydrogen (secondary N) is 1. The molecule has 1 amide bonds. The van der Waals surface area contributed by atoms with Crippen molar-refractivity contribution in [2.45, 2.75) is 25.3 Å². The maximum absolute atomic E-state index is 12.6. The fourth-order valence-electron chi connectivity index (χ4n) is 3.05. The Morgan fingerprint density at radius 1 is 1.46 bits per heavy atom. The second-order valence-corrected chi connectivity index (χ2v) is 5.86. The molecule has 3 heterocycles. The number of hydrogen-bond acceptors (Lipinski definition) is 5. The van der Waals surface area contributed by atoms with Crippen molar-refractivity contribution < 1.29 is 9.53 Å². The van der Waals surface area contributed by atoms with Crippen LogP contribution in [-0.2, 0) is 11.3 Å². The van der Waals surface area contributed by atoms with E-state index in [4.69, 9.17) is 4.74 Å². The van der Waals surface area contributed by atoms with Gasteiger partial charge in [-0.2, -0.15) is 0 Å². The van der Waals surface area contributed by atoms with E-state index >= 15 is 0 Å². The van der Waals surface area contributed by atoms with Crippen LogP contribution in [0.1, 0.15) is 35.1 Å². The van der Waals surface area contributed by atoms with Crippen LogP contribution in [0, 0.1) is 0 Å². The maximum Gasteiger partial charge on any atom is 0.273 e. The normalized spacial score (nSPS) is 17.9. The van der Waals surface area contributed by atoms with E-state index in [1.807, 2.05) is 6.20 Å². The summed E-state index contributed by atoms with van der Waals surface area (Å²) in [5, 5.41) is 0. The molecule has 1 fully saturated rings. The SMILES string of the molecule is COCCn1ccnc1[C@@H]1CCCN(C(=O)c2c[nH]c(=O)cn2)C1. The highest BCUT2D eigenvalue weighted by molar-refractivity contribution is 5.92. The molecule has 0 bridgehead atoms. The summed E-state index contributed by atoms with van der Waals surface area (Å²) in [4.78, 5) is 36.3. The number of carbonyl (C=O) groups is 1. The minimum absolute atomic E-state index is 0.161. The van der Waals surface area contributed by atoms with Crippen LogP contribution in [0.2, 0.25) is 0 Å². The third-order valence-corrected chi connectivity index (χ3v) is 4.25. The van der Waals surface area contributed by atoms with Crippen molar-refractivity contribution in [2.24, 2.45) is 0 Å². The van der Waals surface area contributed by atoms with Gasteiger partial charge in [0.1, 0.15) is 11.5 Å². The largest absolute Gasteiger partial charge is 0.383 e. The minimum atomic E-state index is -0.316. The molecule has 2 aromatic rings. The van der Waals surface area contributed by atoms with Gasteiger partial charge in [-0.25, -0.2) is 9.97 Å². The number of aromatic nitrogens is 4. The lowest BCUT2D eigenvalue weighted by atomic mass is 9.97. The number of hydrogen-bond donors (Lipinski definition) is 1. The standard InChI is InChI=1S/C16H21N5O3/c1-24-8-7-20-6-4-17-15(20)12-3-2-5-21(11-12)16(23)13-9-19-14(22)10-18-13/h4,6,9-10,12H,2-3,5,7-8,11H2,1H3,(H,19,22)/t12-/m1/s1. The van der Waals surface area contributed by atoms with Gasteiger partial charge in [0.2, 0.25) is 0 Å². The molecule has 8 nitrogen and oxygen atoms in total. The molecule has 3 rings (SSSR count). The molecule has 0 aromatic carbocycles. The Bertz CT molecular complexity index is 734. The number of H-pyrrole nitrogens is 1. The first-order valence-electron chi connectivity index (χ1n) is 8.03. The number of methoxy groups -OCH3 is 1. The van der Waals surface area contributed by atoms with E-state index < -0.39 is 0 Å². The van der Waals surface area contributed by atoms with E-state index in [0.717, 1.165) is 31.4 Å². The van der Waals surface area contributed by atoms with Gasteiger partial charge in [-0.05, 0) is 12.8 Å². The zero-order valence-corrected chi connectivity index (χ0v) is 13.6. The third kappa shape index (κ3) is 3.53. The highest BCUT2D eigenvalue weighted by Gasteiger charge is 2.28. The van der Waals surface area contributed by atoms with Crippen LogP contribution in [0.25, 0.3) is 0 Å². The summed E-state index contributed by atoms with van der Waals surface area (Å²) in [6.07, 6.45) is 8.14. The molecule has 2 aromatic heterocycles. The van der Waals surface area contributed by atoms with Gasteiger partial charge in [0.15, 0.2) is 0 Å². The number of ether oxygens (including phenoxy) is 1. The van der Waals surface area contributed by atoms with Crippen molar-refractivity contribution in [1.29, 1.82) is 0 Å². The summed E-state index contributed by atoms with van der Waals surface area (Å²) in [6.45, 7) is 2.66. The smallest absolute Gasteiger partial charge is 0.273 e. The Kier molecular flexibility index (Phi) is 5.05. The fraction of sp³-hybridized carbons (Fsp3) is 0.500. The highest BCUT2D eigenvalue weighted by Crippen LogP contribution is 2.26. The molecule has 0 radical (unpaired) electrons. The second kappa shape index (κ2) is 7.39. The van der Waals surface area contributed by atoms with Crippen molar-refractivity contribution in [3.8, 4) is 0 Å². The molecule has 0 aliphatic carbocycles. The lowest BCUT2D eigenvalue weighted by Crippen LogP contribution is -2.40. The molecule has 0 saturated carbocycles. The Morgan fingerprint density at radius 2 is 2.33 bits per heavy atom. The van der Waals surface area contributed by atoms with Crippen LogP contribution in [0.5, 0.6) is 0 Å². The lowest BCUT2D eigenvalue weighted by Gasteiger charge is -2.32. The van der Waals surface area contributed by atoms with Crippen molar-refractivity contribution >= 4 is 5.91 Å². The Morgan fingerprint density at radius 3 is 3.08 bits per heavy atom. The Balaban J connectivity index is 1.72. The van der Waals surface area contributed by atoms with Crippen LogP contribution in [0.3, 0.4) is 0 Å². The van der Waals surface area contributed by atoms with Gasteiger partial charge in [-0.1, -0.05) is 0 Å². The monoisotopic (exact) mass is 331 g/mol. The van der Waals surface area contributed by atoms with Crippen LogP contribution < -0.4 is 5.56 Å². The van der Waals surface area contributed by atoms with Gasteiger partial charge >= 0.3 is 0 Å². The third-order valence-electron chi connectivity index (χ3n) is 4.25. The van der Waals surface area contributed by atoms with Gasteiger partial charge in [0, 0.05) is 51.3 Å². The first-order chi connectivity index (χ1) is 11.7. The molecule has 8 heteroatoms.